The van der Waals surface area contributed by atoms with Gasteiger partial charge in [0.2, 0.25) is 10.0 Å². The molecule has 0 saturated heterocycles. The first-order valence-electron chi connectivity index (χ1n) is 4.97. The minimum Gasteiger partial charge on any atom is -0.507 e. The lowest BCUT2D eigenvalue weighted by molar-refractivity contribution is 0.478. The molecule has 0 aromatic heterocycles. The van der Waals surface area contributed by atoms with Crippen LogP contribution in [0.3, 0.4) is 0 Å². The highest BCUT2D eigenvalue weighted by Crippen LogP contribution is 2.41. The number of phenols is 1. The average Bonchev–Trinajstić information content (AvgIpc) is 2.43. The van der Waals surface area contributed by atoms with Gasteiger partial charge in [0.05, 0.1) is 4.90 Å². The molecule has 0 aliphatic heterocycles. The van der Waals surface area contributed by atoms with Gasteiger partial charge in [-0.1, -0.05) is 18.2 Å². The molecule has 2 aliphatic rings. The topological polar surface area (TPSA) is 80.4 Å². The second kappa shape index (κ2) is 3.09. The van der Waals surface area contributed by atoms with E-state index in [-0.39, 0.29) is 10.6 Å². The summed E-state index contributed by atoms with van der Waals surface area (Å²) in [6.45, 7) is 0. The number of nitrogens with two attached hydrogens (primary N) is 1. The van der Waals surface area contributed by atoms with Gasteiger partial charge in [-0.15, -0.1) is 0 Å². The molecule has 17 heavy (non-hydrogen) atoms. The first kappa shape index (κ1) is 10.3. The van der Waals surface area contributed by atoms with Crippen LogP contribution in [-0.2, 0) is 10.0 Å². The van der Waals surface area contributed by atoms with Gasteiger partial charge in [-0.3, -0.25) is 0 Å². The molecule has 0 spiro atoms. The SMILES string of the molecule is NS(=O)(=O)c1ccc2cc1-c1ccc-2c(O)c1. The van der Waals surface area contributed by atoms with E-state index in [4.69, 9.17) is 5.14 Å². The maximum Gasteiger partial charge on any atom is 0.238 e. The number of aromatic hydroxyl groups is 1. The van der Waals surface area contributed by atoms with E-state index >= 15 is 0 Å². The zero-order valence-corrected chi connectivity index (χ0v) is 9.53. The maximum absolute atomic E-state index is 11.5. The molecule has 4 rings (SSSR count). The number of benzene rings is 2. The van der Waals surface area contributed by atoms with Gasteiger partial charge in [0.1, 0.15) is 5.75 Å². The van der Waals surface area contributed by atoms with Gasteiger partial charge < -0.3 is 5.11 Å². The van der Waals surface area contributed by atoms with Crippen molar-refractivity contribution in [1.29, 1.82) is 0 Å². The summed E-state index contributed by atoms with van der Waals surface area (Å²) in [4.78, 5) is 0.0769. The molecule has 0 heterocycles. The summed E-state index contributed by atoms with van der Waals surface area (Å²) in [5, 5.41) is 15.0. The van der Waals surface area contributed by atoms with Crippen LogP contribution in [0.4, 0.5) is 0 Å². The first-order chi connectivity index (χ1) is 7.97. The van der Waals surface area contributed by atoms with Gasteiger partial charge in [-0.25, -0.2) is 13.6 Å². The van der Waals surface area contributed by atoms with Crippen molar-refractivity contribution in [3.63, 3.8) is 0 Å². The van der Waals surface area contributed by atoms with Gasteiger partial charge in [0.25, 0.3) is 0 Å². The van der Waals surface area contributed by atoms with Gasteiger partial charge in [-0.05, 0) is 29.3 Å². The van der Waals surface area contributed by atoms with Crippen molar-refractivity contribution in [3.05, 3.63) is 36.4 Å². The molecule has 2 aliphatic carbocycles. The van der Waals surface area contributed by atoms with E-state index in [9.17, 15) is 13.5 Å². The Bertz CT molecular complexity index is 735. The van der Waals surface area contributed by atoms with Crippen molar-refractivity contribution < 1.29 is 13.5 Å². The molecular formula is C12H9NO3S. The minimum atomic E-state index is -3.76. The predicted octanol–water partition coefficient (Wildman–Crippen LogP) is 1.69. The molecule has 2 aromatic carbocycles. The number of hydrogen-bond acceptors (Lipinski definition) is 3. The lowest BCUT2D eigenvalue weighted by Crippen LogP contribution is -2.13. The number of hydrogen-bond donors (Lipinski definition) is 2. The van der Waals surface area contributed by atoms with Crippen molar-refractivity contribution in [2.24, 2.45) is 5.14 Å². The molecule has 86 valence electrons. The van der Waals surface area contributed by atoms with Crippen LogP contribution in [0.5, 0.6) is 5.75 Å². The minimum absolute atomic E-state index is 0.0769. The number of primary sulfonamides is 1. The number of sulfonamides is 1. The van der Waals surface area contributed by atoms with E-state index < -0.39 is 10.0 Å². The summed E-state index contributed by atoms with van der Waals surface area (Å²) < 4.78 is 22.9. The van der Waals surface area contributed by atoms with Crippen LogP contribution in [0.25, 0.3) is 22.3 Å². The van der Waals surface area contributed by atoms with Crippen LogP contribution < -0.4 is 5.14 Å². The van der Waals surface area contributed by atoms with Crippen molar-refractivity contribution in [2.75, 3.05) is 0 Å². The van der Waals surface area contributed by atoms with Crippen LogP contribution in [-0.4, -0.2) is 13.5 Å². The van der Waals surface area contributed by atoms with E-state index in [2.05, 4.69) is 0 Å². The molecule has 0 amide bonds. The standard InChI is InChI=1S/C12H9NO3S/c13-17(15,16)12-4-2-7-5-10(12)8-1-3-9(7)11(14)6-8/h1-6,14H,(H2,13,15,16). The van der Waals surface area contributed by atoms with Gasteiger partial charge in [0.15, 0.2) is 0 Å². The third-order valence-electron chi connectivity index (χ3n) is 2.91. The number of rotatable bonds is 1. The van der Waals surface area contributed by atoms with E-state index in [1.54, 1.807) is 30.3 Å². The van der Waals surface area contributed by atoms with Gasteiger partial charge in [-0.2, -0.15) is 0 Å². The van der Waals surface area contributed by atoms with Crippen LogP contribution in [0.2, 0.25) is 0 Å². The summed E-state index contributed by atoms with van der Waals surface area (Å²) in [5.41, 5.74) is 2.65. The normalized spacial score (nSPS) is 12.5. The second-order valence-electron chi connectivity index (χ2n) is 3.99. The zero-order chi connectivity index (χ0) is 12.2. The van der Waals surface area contributed by atoms with E-state index in [0.717, 1.165) is 5.56 Å². The molecule has 4 bridgehead atoms. The summed E-state index contributed by atoms with van der Waals surface area (Å²) in [6.07, 6.45) is 0. The molecule has 3 N–H and O–H groups in total. The maximum atomic E-state index is 11.5. The Morgan fingerprint density at radius 2 is 1.59 bits per heavy atom. The van der Waals surface area contributed by atoms with Crippen molar-refractivity contribution in [1.82, 2.24) is 0 Å². The van der Waals surface area contributed by atoms with Crippen LogP contribution in [0.15, 0.2) is 41.3 Å². The van der Waals surface area contributed by atoms with Crippen molar-refractivity contribution in [2.45, 2.75) is 4.90 Å². The molecule has 0 atom stereocenters. The second-order valence-corrected chi connectivity index (χ2v) is 5.52. The monoisotopic (exact) mass is 247 g/mol. The molecule has 2 aromatic rings. The lowest BCUT2D eigenvalue weighted by atomic mass is 10.1. The highest BCUT2D eigenvalue weighted by molar-refractivity contribution is 7.89. The fourth-order valence-electron chi connectivity index (χ4n) is 2.11. The van der Waals surface area contributed by atoms with E-state index in [1.165, 1.54) is 6.07 Å². The number of fused-ring (bicyclic) bond motifs is 2. The zero-order valence-electron chi connectivity index (χ0n) is 8.71. The van der Waals surface area contributed by atoms with Crippen molar-refractivity contribution >= 4 is 10.0 Å². The first-order valence-corrected chi connectivity index (χ1v) is 6.52. The third-order valence-corrected chi connectivity index (χ3v) is 3.87. The van der Waals surface area contributed by atoms with Gasteiger partial charge in [0, 0.05) is 11.1 Å². The summed E-state index contributed by atoms with van der Waals surface area (Å²) >= 11 is 0. The van der Waals surface area contributed by atoms with E-state index in [0.29, 0.717) is 16.7 Å². The fourth-order valence-corrected chi connectivity index (χ4v) is 2.86. The number of phenolic OH excluding ortho intramolecular Hbond substituents is 1. The molecule has 0 unspecified atom stereocenters. The van der Waals surface area contributed by atoms with Crippen LogP contribution in [0, 0.1) is 0 Å². The van der Waals surface area contributed by atoms with Crippen LogP contribution >= 0.6 is 0 Å². The Hall–Kier alpha value is -1.85. The lowest BCUT2D eigenvalue weighted by Gasteiger charge is -2.05. The van der Waals surface area contributed by atoms with Gasteiger partial charge >= 0.3 is 0 Å². The highest BCUT2D eigenvalue weighted by atomic mass is 32.2. The Morgan fingerprint density at radius 1 is 0.941 bits per heavy atom. The summed E-state index contributed by atoms with van der Waals surface area (Å²) in [5.74, 6) is 0.143. The van der Waals surface area contributed by atoms with E-state index in [1.807, 2.05) is 0 Å². The molecule has 0 radical (unpaired) electrons. The highest BCUT2D eigenvalue weighted by Gasteiger charge is 2.20. The van der Waals surface area contributed by atoms with Crippen LogP contribution in [0.1, 0.15) is 0 Å². The Kier molecular flexibility index (Phi) is 1.87. The Balaban J connectivity index is 2.45. The average molecular weight is 247 g/mol. The summed E-state index contributed by atoms with van der Waals surface area (Å²) in [6, 6.07) is 9.92. The Morgan fingerprint density at radius 3 is 2.24 bits per heavy atom. The van der Waals surface area contributed by atoms with Crippen molar-refractivity contribution in [3.8, 4) is 28.0 Å². The largest absolute Gasteiger partial charge is 0.507 e. The smallest absolute Gasteiger partial charge is 0.238 e. The molecular weight excluding hydrogens is 238 g/mol. The molecule has 5 heteroatoms. The Labute approximate surface area is 98.4 Å². The molecule has 0 saturated carbocycles. The molecule has 4 nitrogen and oxygen atoms in total. The predicted molar refractivity (Wildman–Crippen MR) is 63.9 cm³/mol. The quantitative estimate of drug-likeness (QED) is 0.686. The molecule has 0 fully saturated rings. The third kappa shape index (κ3) is 1.44. The fraction of sp³-hybridized carbons (Fsp3) is 0. The summed E-state index contributed by atoms with van der Waals surface area (Å²) in [7, 11) is -3.76.